The number of nitrogens with one attached hydrogen (secondary N) is 1. The number of hydrogen-bond acceptors (Lipinski definition) is 5. The van der Waals surface area contributed by atoms with Gasteiger partial charge in [0.25, 0.3) is 5.91 Å². The molecule has 0 saturated carbocycles. The molecule has 0 bridgehead atoms. The lowest BCUT2D eigenvalue weighted by molar-refractivity contribution is -0.146. The van der Waals surface area contributed by atoms with E-state index < -0.39 is 17.4 Å². The number of carbonyl (C=O) groups excluding carboxylic acids is 1. The van der Waals surface area contributed by atoms with Crippen LogP contribution < -0.4 is 10.1 Å². The molecule has 24 heavy (non-hydrogen) atoms. The van der Waals surface area contributed by atoms with E-state index in [1.807, 2.05) is 0 Å². The summed E-state index contributed by atoms with van der Waals surface area (Å²) in [5.74, 6) is -1.19. The molecular weight excluding hydrogens is 312 g/mol. The highest BCUT2D eigenvalue weighted by Crippen LogP contribution is 2.20. The maximum absolute atomic E-state index is 12.4. The van der Waals surface area contributed by atoms with Crippen LogP contribution in [0.5, 0.6) is 5.75 Å². The lowest BCUT2D eigenvalue weighted by Gasteiger charge is -2.19. The van der Waals surface area contributed by atoms with Gasteiger partial charge in [0, 0.05) is 12.4 Å². The molecule has 1 amide bonds. The Kier molecular flexibility index (Phi) is 4.98. The third-order valence-electron chi connectivity index (χ3n) is 3.28. The summed E-state index contributed by atoms with van der Waals surface area (Å²) >= 11 is 0. The van der Waals surface area contributed by atoms with Crippen molar-refractivity contribution >= 4 is 17.6 Å². The van der Waals surface area contributed by atoms with Crippen LogP contribution in [0.3, 0.4) is 0 Å². The minimum atomic E-state index is -1.23. The van der Waals surface area contributed by atoms with Gasteiger partial charge < -0.3 is 15.2 Å². The van der Waals surface area contributed by atoms with E-state index in [2.05, 4.69) is 22.0 Å². The molecule has 2 aromatic rings. The van der Waals surface area contributed by atoms with Gasteiger partial charge in [0.05, 0.1) is 11.9 Å². The molecule has 126 valence electrons. The molecule has 0 aromatic carbocycles. The molecule has 0 radical (unpaired) electrons. The summed E-state index contributed by atoms with van der Waals surface area (Å²) in [6, 6.07) is 3.28. The third-order valence-corrected chi connectivity index (χ3v) is 3.28. The van der Waals surface area contributed by atoms with E-state index in [4.69, 9.17) is 4.74 Å². The van der Waals surface area contributed by atoms with Crippen molar-refractivity contribution in [2.24, 2.45) is 0 Å². The number of carbonyl (C=O) groups is 2. The zero-order valence-electron chi connectivity index (χ0n) is 13.4. The third kappa shape index (κ3) is 3.60. The van der Waals surface area contributed by atoms with Gasteiger partial charge in [-0.05, 0) is 26.0 Å². The van der Waals surface area contributed by atoms with Crippen LogP contribution in [0.1, 0.15) is 24.3 Å². The van der Waals surface area contributed by atoms with E-state index in [0.29, 0.717) is 11.4 Å². The van der Waals surface area contributed by atoms with Gasteiger partial charge in [-0.2, -0.15) is 5.10 Å². The van der Waals surface area contributed by atoms with Gasteiger partial charge in [-0.3, -0.25) is 9.48 Å². The number of nitrogens with zero attached hydrogens (tertiary/aromatic N) is 3. The largest absolute Gasteiger partial charge is 0.487 e. The minimum absolute atomic E-state index is 0.115. The highest BCUT2D eigenvalue weighted by molar-refractivity contribution is 6.04. The van der Waals surface area contributed by atoms with Crippen LogP contribution in [0.15, 0.2) is 43.4 Å². The summed E-state index contributed by atoms with van der Waals surface area (Å²) < 4.78 is 6.66. The second-order valence-corrected chi connectivity index (χ2v) is 5.44. The first-order valence-electron chi connectivity index (χ1n) is 7.15. The molecular formula is C16H18N4O4. The Morgan fingerprint density at radius 3 is 2.92 bits per heavy atom. The Bertz CT molecular complexity index is 767. The van der Waals surface area contributed by atoms with Gasteiger partial charge in [0.15, 0.2) is 17.0 Å². The Morgan fingerprint density at radius 2 is 2.25 bits per heavy atom. The van der Waals surface area contributed by atoms with Crippen molar-refractivity contribution in [2.45, 2.75) is 19.4 Å². The van der Waals surface area contributed by atoms with Gasteiger partial charge in [0.1, 0.15) is 6.61 Å². The van der Waals surface area contributed by atoms with Crippen LogP contribution >= 0.6 is 0 Å². The average molecular weight is 330 g/mol. The first kappa shape index (κ1) is 17.2. The van der Waals surface area contributed by atoms with Crippen molar-refractivity contribution < 1.29 is 19.4 Å². The molecule has 0 aliphatic rings. The summed E-state index contributed by atoms with van der Waals surface area (Å²) in [5, 5.41) is 15.8. The van der Waals surface area contributed by atoms with E-state index >= 15 is 0 Å². The van der Waals surface area contributed by atoms with Crippen molar-refractivity contribution in [1.82, 2.24) is 14.8 Å². The monoisotopic (exact) mass is 330 g/mol. The number of hydrogen-bond donors (Lipinski definition) is 2. The molecule has 0 saturated heterocycles. The molecule has 8 heteroatoms. The molecule has 8 nitrogen and oxygen atoms in total. The van der Waals surface area contributed by atoms with E-state index in [9.17, 15) is 14.7 Å². The quantitative estimate of drug-likeness (QED) is 0.751. The summed E-state index contributed by atoms with van der Waals surface area (Å²) in [4.78, 5) is 27.6. The molecule has 2 rings (SSSR count). The first-order chi connectivity index (χ1) is 11.4. The van der Waals surface area contributed by atoms with E-state index in [0.717, 1.165) is 0 Å². The zero-order valence-corrected chi connectivity index (χ0v) is 13.4. The maximum atomic E-state index is 12.4. The Labute approximate surface area is 138 Å². The summed E-state index contributed by atoms with van der Waals surface area (Å²) in [6.45, 7) is 6.82. The Balaban J connectivity index is 2.18. The molecule has 0 unspecified atom stereocenters. The van der Waals surface area contributed by atoms with E-state index in [-0.39, 0.29) is 12.3 Å². The summed E-state index contributed by atoms with van der Waals surface area (Å²) in [7, 11) is 0. The number of carboxylic acid groups (broad SMARTS) is 1. The molecule has 0 fully saturated rings. The van der Waals surface area contributed by atoms with Crippen LogP contribution in [-0.4, -0.2) is 38.4 Å². The lowest BCUT2D eigenvalue weighted by atomic mass is 10.1. The van der Waals surface area contributed by atoms with Gasteiger partial charge in [-0.25, -0.2) is 9.78 Å². The molecule has 2 aromatic heterocycles. The number of aromatic nitrogens is 3. The number of carboxylic acids is 1. The Hall–Kier alpha value is -3.16. The van der Waals surface area contributed by atoms with Crippen LogP contribution in [0.25, 0.3) is 0 Å². The second-order valence-electron chi connectivity index (χ2n) is 5.44. The fourth-order valence-electron chi connectivity index (χ4n) is 1.81. The van der Waals surface area contributed by atoms with Crippen LogP contribution in [-0.2, 0) is 10.3 Å². The van der Waals surface area contributed by atoms with E-state index in [1.54, 1.807) is 18.2 Å². The van der Waals surface area contributed by atoms with E-state index in [1.165, 1.54) is 37.1 Å². The molecule has 0 aliphatic carbocycles. The zero-order chi connectivity index (χ0) is 17.7. The number of aliphatic carboxylic acids is 1. The molecule has 0 spiro atoms. The number of pyridine rings is 1. The van der Waals surface area contributed by atoms with Crippen molar-refractivity contribution in [2.75, 3.05) is 11.9 Å². The SMILES string of the molecule is C=CCOc1cccnc1C(=O)Nc1cnn(C(C)(C)C(=O)O)c1. The molecule has 2 N–H and O–H groups in total. The summed E-state index contributed by atoms with van der Waals surface area (Å²) in [5.41, 5.74) is -0.758. The van der Waals surface area contributed by atoms with Crippen molar-refractivity contribution in [1.29, 1.82) is 0 Å². The fourth-order valence-corrected chi connectivity index (χ4v) is 1.81. The van der Waals surface area contributed by atoms with Gasteiger partial charge in [-0.15, -0.1) is 0 Å². The van der Waals surface area contributed by atoms with Crippen LogP contribution in [0.4, 0.5) is 5.69 Å². The van der Waals surface area contributed by atoms with Gasteiger partial charge >= 0.3 is 5.97 Å². The van der Waals surface area contributed by atoms with Crippen molar-refractivity contribution in [3.05, 3.63) is 49.1 Å². The van der Waals surface area contributed by atoms with Crippen molar-refractivity contribution in [3.8, 4) is 5.75 Å². The number of rotatable bonds is 7. The fraction of sp³-hybridized carbons (Fsp3) is 0.250. The average Bonchev–Trinajstić information content (AvgIpc) is 3.02. The summed E-state index contributed by atoms with van der Waals surface area (Å²) in [6.07, 6.45) is 5.86. The molecule has 0 atom stereocenters. The molecule has 0 aliphatic heterocycles. The predicted molar refractivity (Wildman–Crippen MR) is 87.1 cm³/mol. The first-order valence-corrected chi connectivity index (χ1v) is 7.15. The maximum Gasteiger partial charge on any atom is 0.331 e. The normalized spacial score (nSPS) is 10.9. The van der Waals surface area contributed by atoms with Crippen molar-refractivity contribution in [3.63, 3.8) is 0 Å². The predicted octanol–water partition coefficient (Wildman–Crippen LogP) is 1.91. The lowest BCUT2D eigenvalue weighted by Crippen LogP contribution is -2.35. The molecule has 2 heterocycles. The van der Waals surface area contributed by atoms with Gasteiger partial charge in [-0.1, -0.05) is 12.7 Å². The topological polar surface area (TPSA) is 106 Å². The van der Waals surface area contributed by atoms with Gasteiger partial charge in [0.2, 0.25) is 0 Å². The second kappa shape index (κ2) is 6.95. The smallest absolute Gasteiger partial charge is 0.331 e. The standard InChI is InChI=1S/C16H18N4O4/c1-4-8-24-12-6-5-7-17-13(12)14(21)19-11-9-18-20(10-11)16(2,3)15(22)23/h4-7,9-10H,1,8H2,2-3H3,(H,19,21)(H,22,23). The minimum Gasteiger partial charge on any atom is -0.487 e. The van der Waals surface area contributed by atoms with Crippen LogP contribution in [0, 0.1) is 0 Å². The number of ether oxygens (including phenoxy) is 1. The highest BCUT2D eigenvalue weighted by Gasteiger charge is 2.30. The van der Waals surface area contributed by atoms with Crippen LogP contribution in [0.2, 0.25) is 0 Å². The highest BCUT2D eigenvalue weighted by atomic mass is 16.5. The Morgan fingerprint density at radius 1 is 1.50 bits per heavy atom. The number of amides is 1. The number of anilines is 1.